The van der Waals surface area contributed by atoms with Crippen LogP contribution in [0.3, 0.4) is 0 Å². The average molecular weight is 197 g/mol. The number of likely N-dealkylation sites (N-methyl/N-ethyl adjacent to an activating group) is 1. The minimum atomic E-state index is 0.0821. The number of nitrogens with one attached hydrogen (secondary N) is 2. The highest BCUT2D eigenvalue weighted by Gasteiger charge is 2.24. The van der Waals surface area contributed by atoms with Crippen LogP contribution in [0.25, 0.3) is 0 Å². The standard InChI is InChI=1S/C10H19N3O/c1-3-5-12-10(14)8-13(4-2)9-6-11-7-9/h3,9,11H,1,4-8H2,2H3,(H,12,14). The lowest BCUT2D eigenvalue weighted by Crippen LogP contribution is -2.58. The van der Waals surface area contributed by atoms with E-state index in [0.717, 1.165) is 19.6 Å². The second-order valence-corrected chi connectivity index (χ2v) is 3.47. The van der Waals surface area contributed by atoms with Crippen LogP contribution in [-0.2, 0) is 4.79 Å². The van der Waals surface area contributed by atoms with Crippen molar-refractivity contribution in [3.8, 4) is 0 Å². The molecule has 1 saturated heterocycles. The Morgan fingerprint density at radius 3 is 2.86 bits per heavy atom. The van der Waals surface area contributed by atoms with E-state index in [-0.39, 0.29) is 5.91 Å². The van der Waals surface area contributed by atoms with Crippen LogP contribution in [0, 0.1) is 0 Å². The molecule has 0 spiro atoms. The number of rotatable bonds is 6. The first-order chi connectivity index (χ1) is 6.77. The van der Waals surface area contributed by atoms with E-state index in [9.17, 15) is 4.79 Å². The fourth-order valence-electron chi connectivity index (χ4n) is 1.46. The van der Waals surface area contributed by atoms with Crippen molar-refractivity contribution in [1.29, 1.82) is 0 Å². The minimum absolute atomic E-state index is 0.0821. The van der Waals surface area contributed by atoms with Crippen molar-refractivity contribution < 1.29 is 4.79 Å². The maximum atomic E-state index is 11.4. The Labute approximate surface area is 85.3 Å². The van der Waals surface area contributed by atoms with E-state index in [1.165, 1.54) is 0 Å². The first-order valence-electron chi connectivity index (χ1n) is 5.10. The summed E-state index contributed by atoms with van der Waals surface area (Å²) in [6, 6.07) is 0.537. The van der Waals surface area contributed by atoms with Gasteiger partial charge in [-0.05, 0) is 6.54 Å². The Morgan fingerprint density at radius 2 is 2.43 bits per heavy atom. The number of hydrogen-bond donors (Lipinski definition) is 2. The monoisotopic (exact) mass is 197 g/mol. The van der Waals surface area contributed by atoms with Gasteiger partial charge in [0.2, 0.25) is 5.91 Å². The van der Waals surface area contributed by atoms with Gasteiger partial charge >= 0.3 is 0 Å². The van der Waals surface area contributed by atoms with Gasteiger partial charge in [-0.1, -0.05) is 13.0 Å². The highest BCUT2D eigenvalue weighted by molar-refractivity contribution is 5.78. The van der Waals surface area contributed by atoms with Gasteiger partial charge in [-0.3, -0.25) is 9.69 Å². The third-order valence-corrected chi connectivity index (χ3v) is 2.47. The Hall–Kier alpha value is -0.870. The molecule has 0 bridgehead atoms. The van der Waals surface area contributed by atoms with Crippen molar-refractivity contribution in [2.45, 2.75) is 13.0 Å². The Morgan fingerprint density at radius 1 is 1.71 bits per heavy atom. The van der Waals surface area contributed by atoms with Gasteiger partial charge in [-0.2, -0.15) is 0 Å². The molecule has 1 aliphatic rings. The Balaban J connectivity index is 2.24. The van der Waals surface area contributed by atoms with E-state index in [0.29, 0.717) is 19.1 Å². The Bertz CT molecular complexity index is 202. The van der Waals surface area contributed by atoms with Crippen LogP contribution < -0.4 is 10.6 Å². The topological polar surface area (TPSA) is 44.4 Å². The summed E-state index contributed by atoms with van der Waals surface area (Å²) >= 11 is 0. The van der Waals surface area contributed by atoms with Crippen LogP contribution in [0.2, 0.25) is 0 Å². The van der Waals surface area contributed by atoms with Crippen molar-refractivity contribution >= 4 is 5.91 Å². The molecule has 0 aromatic rings. The average Bonchev–Trinajstić information content (AvgIpc) is 2.10. The first-order valence-corrected chi connectivity index (χ1v) is 5.10. The fraction of sp³-hybridized carbons (Fsp3) is 0.700. The molecule has 4 nitrogen and oxygen atoms in total. The SMILES string of the molecule is C=CCNC(=O)CN(CC)C1CNC1. The summed E-state index contributed by atoms with van der Waals surface area (Å²) < 4.78 is 0. The molecule has 0 aromatic carbocycles. The molecule has 80 valence electrons. The number of carbonyl (C=O) groups excluding carboxylic acids is 1. The third kappa shape index (κ3) is 3.12. The van der Waals surface area contributed by atoms with Crippen molar-refractivity contribution in [2.75, 3.05) is 32.7 Å². The minimum Gasteiger partial charge on any atom is -0.352 e. The predicted molar refractivity (Wildman–Crippen MR) is 57.1 cm³/mol. The molecular weight excluding hydrogens is 178 g/mol. The fourth-order valence-corrected chi connectivity index (χ4v) is 1.46. The first kappa shape index (κ1) is 11.2. The summed E-state index contributed by atoms with van der Waals surface area (Å²) in [5.74, 6) is 0.0821. The van der Waals surface area contributed by atoms with Crippen molar-refractivity contribution in [3.05, 3.63) is 12.7 Å². The summed E-state index contributed by atoms with van der Waals surface area (Å²) in [6.07, 6.45) is 1.69. The summed E-state index contributed by atoms with van der Waals surface area (Å²) in [5.41, 5.74) is 0. The van der Waals surface area contributed by atoms with E-state index in [4.69, 9.17) is 0 Å². The maximum absolute atomic E-state index is 11.4. The molecule has 14 heavy (non-hydrogen) atoms. The zero-order valence-corrected chi connectivity index (χ0v) is 8.75. The van der Waals surface area contributed by atoms with Gasteiger partial charge in [0.05, 0.1) is 6.54 Å². The molecule has 0 saturated carbocycles. The molecule has 1 aliphatic heterocycles. The number of carbonyl (C=O) groups is 1. The van der Waals surface area contributed by atoms with Crippen LogP contribution in [0.15, 0.2) is 12.7 Å². The second kappa shape index (κ2) is 5.78. The molecule has 1 heterocycles. The highest BCUT2D eigenvalue weighted by atomic mass is 16.2. The van der Waals surface area contributed by atoms with E-state index in [1.807, 2.05) is 0 Å². The van der Waals surface area contributed by atoms with Crippen molar-refractivity contribution in [3.63, 3.8) is 0 Å². The maximum Gasteiger partial charge on any atom is 0.234 e. The smallest absolute Gasteiger partial charge is 0.234 e. The Kier molecular flexibility index (Phi) is 4.62. The van der Waals surface area contributed by atoms with Gasteiger partial charge in [0.1, 0.15) is 0 Å². The zero-order chi connectivity index (χ0) is 10.4. The summed E-state index contributed by atoms with van der Waals surface area (Å²) in [7, 11) is 0. The number of amides is 1. The van der Waals surface area contributed by atoms with E-state index in [1.54, 1.807) is 6.08 Å². The van der Waals surface area contributed by atoms with Crippen LogP contribution in [0.1, 0.15) is 6.92 Å². The molecule has 4 heteroatoms. The molecule has 1 amide bonds. The van der Waals surface area contributed by atoms with Gasteiger partial charge in [-0.25, -0.2) is 0 Å². The molecule has 0 aliphatic carbocycles. The lowest BCUT2D eigenvalue weighted by Gasteiger charge is -2.37. The quantitative estimate of drug-likeness (QED) is 0.569. The van der Waals surface area contributed by atoms with Gasteiger partial charge in [-0.15, -0.1) is 6.58 Å². The number of hydrogen-bond acceptors (Lipinski definition) is 3. The zero-order valence-electron chi connectivity index (χ0n) is 8.75. The molecule has 1 fully saturated rings. The predicted octanol–water partition coefficient (Wildman–Crippen LogP) is -0.418. The van der Waals surface area contributed by atoms with Gasteiger partial charge in [0.25, 0.3) is 0 Å². The summed E-state index contributed by atoms with van der Waals surface area (Å²) in [5, 5.41) is 5.98. The number of nitrogens with zero attached hydrogens (tertiary/aromatic N) is 1. The molecular formula is C10H19N3O. The van der Waals surface area contributed by atoms with Crippen molar-refractivity contribution in [1.82, 2.24) is 15.5 Å². The molecule has 0 unspecified atom stereocenters. The van der Waals surface area contributed by atoms with Gasteiger partial charge in [0, 0.05) is 25.7 Å². The molecule has 2 N–H and O–H groups in total. The van der Waals surface area contributed by atoms with Crippen LogP contribution >= 0.6 is 0 Å². The normalized spacial score (nSPS) is 16.4. The summed E-state index contributed by atoms with van der Waals surface area (Å²) in [6.45, 7) is 9.62. The molecule has 0 radical (unpaired) electrons. The van der Waals surface area contributed by atoms with Crippen LogP contribution in [0.5, 0.6) is 0 Å². The highest BCUT2D eigenvalue weighted by Crippen LogP contribution is 2.03. The van der Waals surface area contributed by atoms with Crippen LogP contribution in [-0.4, -0.2) is 49.6 Å². The largest absolute Gasteiger partial charge is 0.352 e. The van der Waals surface area contributed by atoms with E-state index >= 15 is 0 Å². The van der Waals surface area contributed by atoms with Crippen molar-refractivity contribution in [2.24, 2.45) is 0 Å². The molecule has 1 rings (SSSR count). The van der Waals surface area contributed by atoms with Gasteiger partial charge in [0.15, 0.2) is 0 Å². The third-order valence-electron chi connectivity index (χ3n) is 2.47. The molecule has 0 aromatic heterocycles. The van der Waals surface area contributed by atoms with Crippen LogP contribution in [0.4, 0.5) is 0 Å². The second-order valence-electron chi connectivity index (χ2n) is 3.47. The lowest BCUT2D eigenvalue weighted by molar-refractivity contribution is -0.122. The molecule has 0 atom stereocenters. The van der Waals surface area contributed by atoms with E-state index < -0.39 is 0 Å². The lowest BCUT2D eigenvalue weighted by atomic mass is 10.1. The van der Waals surface area contributed by atoms with E-state index in [2.05, 4.69) is 29.0 Å². The van der Waals surface area contributed by atoms with Gasteiger partial charge < -0.3 is 10.6 Å². The summed E-state index contributed by atoms with van der Waals surface area (Å²) in [4.78, 5) is 13.6.